The maximum atomic E-state index is 12.3. The number of nitrogens with two attached hydrogens (primary N) is 1. The molecule has 0 saturated heterocycles. The molecule has 2 N–H and O–H groups in total. The Kier molecular flexibility index (Phi) is 4.78. The van der Waals surface area contributed by atoms with Gasteiger partial charge in [-0.2, -0.15) is 13.2 Å². The normalized spacial score (nSPS) is 11.8. The van der Waals surface area contributed by atoms with E-state index in [9.17, 15) is 13.2 Å². The van der Waals surface area contributed by atoms with Crippen LogP contribution in [0, 0.1) is 0 Å². The topological polar surface area (TPSA) is 38.9 Å². The quantitative estimate of drug-likeness (QED) is 0.802. The minimum absolute atomic E-state index is 0.00340. The summed E-state index contributed by atoms with van der Waals surface area (Å²) in [6.07, 6.45) is 0.530. The standard InChI is InChI=1S/C12H17F3N2/c1-2-3-4-5-6-9-7-8-10(12(13,14)15)17-11(9)16/h7-8H,2-6H2,1H3,(H2,16,17). The first kappa shape index (κ1) is 13.8. The Morgan fingerprint density at radius 3 is 2.41 bits per heavy atom. The van der Waals surface area contributed by atoms with E-state index in [-0.39, 0.29) is 5.82 Å². The lowest BCUT2D eigenvalue weighted by atomic mass is 10.1. The second-order valence-corrected chi connectivity index (χ2v) is 4.05. The molecule has 1 heterocycles. The maximum absolute atomic E-state index is 12.3. The minimum Gasteiger partial charge on any atom is -0.383 e. The average molecular weight is 246 g/mol. The lowest BCUT2D eigenvalue weighted by Gasteiger charge is -2.09. The number of nitrogen functional groups attached to an aromatic ring is 1. The maximum Gasteiger partial charge on any atom is 0.433 e. The summed E-state index contributed by atoms with van der Waals surface area (Å²) in [5.41, 5.74) is 5.30. The summed E-state index contributed by atoms with van der Waals surface area (Å²) in [4.78, 5) is 3.40. The van der Waals surface area contributed by atoms with Crippen LogP contribution in [0.2, 0.25) is 0 Å². The molecule has 0 aromatic carbocycles. The van der Waals surface area contributed by atoms with E-state index < -0.39 is 11.9 Å². The third-order valence-electron chi connectivity index (χ3n) is 2.60. The minimum atomic E-state index is -4.42. The summed E-state index contributed by atoms with van der Waals surface area (Å²) in [6, 6.07) is 2.42. The number of halogens is 3. The van der Waals surface area contributed by atoms with Crippen molar-refractivity contribution >= 4 is 5.82 Å². The molecule has 17 heavy (non-hydrogen) atoms. The number of pyridine rings is 1. The first-order valence-corrected chi connectivity index (χ1v) is 5.77. The van der Waals surface area contributed by atoms with Gasteiger partial charge in [-0.1, -0.05) is 32.3 Å². The number of aryl methyl sites for hydroxylation is 1. The van der Waals surface area contributed by atoms with Crippen LogP contribution in [0.1, 0.15) is 43.9 Å². The molecular weight excluding hydrogens is 229 g/mol. The summed E-state index contributed by atoms with van der Waals surface area (Å²) >= 11 is 0. The monoisotopic (exact) mass is 246 g/mol. The predicted molar refractivity (Wildman–Crippen MR) is 61.5 cm³/mol. The van der Waals surface area contributed by atoms with Gasteiger partial charge in [-0.3, -0.25) is 0 Å². The van der Waals surface area contributed by atoms with Crippen molar-refractivity contribution in [1.82, 2.24) is 4.98 Å². The largest absolute Gasteiger partial charge is 0.433 e. The van der Waals surface area contributed by atoms with Gasteiger partial charge in [0.2, 0.25) is 0 Å². The average Bonchev–Trinajstić information content (AvgIpc) is 2.24. The molecule has 0 bridgehead atoms. The smallest absolute Gasteiger partial charge is 0.383 e. The fourth-order valence-corrected chi connectivity index (χ4v) is 1.62. The van der Waals surface area contributed by atoms with Crippen molar-refractivity contribution < 1.29 is 13.2 Å². The van der Waals surface area contributed by atoms with Crippen LogP contribution in [0.5, 0.6) is 0 Å². The molecule has 0 unspecified atom stereocenters. The van der Waals surface area contributed by atoms with Crippen molar-refractivity contribution in [2.75, 3.05) is 5.73 Å². The van der Waals surface area contributed by atoms with Gasteiger partial charge >= 0.3 is 6.18 Å². The Morgan fingerprint density at radius 2 is 1.88 bits per heavy atom. The Labute approximate surface area is 99.0 Å². The van der Waals surface area contributed by atoms with Crippen molar-refractivity contribution in [3.63, 3.8) is 0 Å². The number of hydrogen-bond donors (Lipinski definition) is 1. The zero-order chi connectivity index (χ0) is 12.9. The molecule has 0 radical (unpaired) electrons. The van der Waals surface area contributed by atoms with E-state index in [2.05, 4.69) is 11.9 Å². The summed E-state index contributed by atoms with van der Waals surface area (Å²) in [5.74, 6) is -0.00340. The lowest BCUT2D eigenvalue weighted by Crippen LogP contribution is -2.10. The Balaban J connectivity index is 2.64. The van der Waals surface area contributed by atoms with Gasteiger partial charge in [0.25, 0.3) is 0 Å². The van der Waals surface area contributed by atoms with Crippen LogP contribution in [-0.4, -0.2) is 4.98 Å². The molecule has 1 aromatic rings. The molecule has 5 heteroatoms. The Morgan fingerprint density at radius 1 is 1.18 bits per heavy atom. The summed E-state index contributed by atoms with van der Waals surface area (Å²) in [6.45, 7) is 2.11. The van der Waals surface area contributed by atoms with E-state index in [0.29, 0.717) is 12.0 Å². The van der Waals surface area contributed by atoms with Crippen LogP contribution in [0.3, 0.4) is 0 Å². The lowest BCUT2D eigenvalue weighted by molar-refractivity contribution is -0.141. The van der Waals surface area contributed by atoms with Crippen LogP contribution in [0.25, 0.3) is 0 Å². The van der Waals surface area contributed by atoms with Crippen molar-refractivity contribution in [3.05, 3.63) is 23.4 Å². The van der Waals surface area contributed by atoms with Crippen LogP contribution in [-0.2, 0) is 12.6 Å². The summed E-state index contributed by atoms with van der Waals surface area (Å²) in [7, 11) is 0. The number of anilines is 1. The van der Waals surface area contributed by atoms with Gasteiger partial charge in [0, 0.05) is 0 Å². The highest BCUT2D eigenvalue weighted by atomic mass is 19.4. The number of alkyl halides is 3. The molecule has 0 spiro atoms. The second kappa shape index (κ2) is 5.89. The summed E-state index contributed by atoms with van der Waals surface area (Å²) in [5, 5.41) is 0. The first-order chi connectivity index (χ1) is 7.95. The molecular formula is C12H17F3N2. The van der Waals surface area contributed by atoms with Crippen LogP contribution < -0.4 is 5.73 Å². The molecule has 0 atom stereocenters. The molecule has 0 amide bonds. The second-order valence-electron chi connectivity index (χ2n) is 4.05. The molecule has 0 fully saturated rings. The third-order valence-corrected chi connectivity index (χ3v) is 2.60. The van der Waals surface area contributed by atoms with Crippen molar-refractivity contribution in [3.8, 4) is 0 Å². The fraction of sp³-hybridized carbons (Fsp3) is 0.583. The zero-order valence-electron chi connectivity index (χ0n) is 9.85. The Hall–Kier alpha value is -1.26. The number of aromatic nitrogens is 1. The number of unbranched alkanes of at least 4 members (excludes halogenated alkanes) is 3. The number of nitrogens with zero attached hydrogens (tertiary/aromatic N) is 1. The number of rotatable bonds is 5. The van der Waals surface area contributed by atoms with E-state index in [1.165, 1.54) is 6.07 Å². The van der Waals surface area contributed by atoms with E-state index in [4.69, 9.17) is 5.73 Å². The predicted octanol–water partition coefficient (Wildman–Crippen LogP) is 3.81. The van der Waals surface area contributed by atoms with E-state index in [1.807, 2.05) is 0 Å². The fourth-order valence-electron chi connectivity index (χ4n) is 1.62. The van der Waals surface area contributed by atoms with Gasteiger partial charge in [-0.05, 0) is 24.5 Å². The van der Waals surface area contributed by atoms with Crippen LogP contribution >= 0.6 is 0 Å². The van der Waals surface area contributed by atoms with Gasteiger partial charge in [-0.15, -0.1) is 0 Å². The highest BCUT2D eigenvalue weighted by Crippen LogP contribution is 2.29. The van der Waals surface area contributed by atoms with Crippen molar-refractivity contribution in [2.45, 2.75) is 45.2 Å². The van der Waals surface area contributed by atoms with E-state index in [1.54, 1.807) is 0 Å². The van der Waals surface area contributed by atoms with Crippen LogP contribution in [0.4, 0.5) is 19.0 Å². The zero-order valence-corrected chi connectivity index (χ0v) is 9.85. The molecule has 1 aromatic heterocycles. The summed E-state index contributed by atoms with van der Waals surface area (Å²) < 4.78 is 37.0. The van der Waals surface area contributed by atoms with Crippen LogP contribution in [0.15, 0.2) is 12.1 Å². The van der Waals surface area contributed by atoms with Gasteiger partial charge in [-0.25, -0.2) is 4.98 Å². The molecule has 0 saturated carbocycles. The molecule has 0 aliphatic heterocycles. The van der Waals surface area contributed by atoms with E-state index in [0.717, 1.165) is 31.7 Å². The van der Waals surface area contributed by atoms with Gasteiger partial charge in [0.15, 0.2) is 0 Å². The first-order valence-electron chi connectivity index (χ1n) is 5.77. The SMILES string of the molecule is CCCCCCc1ccc(C(F)(F)F)nc1N. The highest BCUT2D eigenvalue weighted by Gasteiger charge is 2.32. The molecule has 2 nitrogen and oxygen atoms in total. The highest BCUT2D eigenvalue weighted by molar-refractivity contribution is 5.40. The van der Waals surface area contributed by atoms with E-state index >= 15 is 0 Å². The van der Waals surface area contributed by atoms with Crippen molar-refractivity contribution in [2.24, 2.45) is 0 Å². The molecule has 1 rings (SSSR count). The molecule has 0 aliphatic rings. The van der Waals surface area contributed by atoms with Crippen molar-refractivity contribution in [1.29, 1.82) is 0 Å². The molecule has 0 aliphatic carbocycles. The number of hydrogen-bond acceptors (Lipinski definition) is 2. The third kappa shape index (κ3) is 4.24. The molecule has 96 valence electrons. The van der Waals surface area contributed by atoms with Gasteiger partial charge in [0.05, 0.1) is 0 Å². The Bertz CT molecular complexity index is 361. The van der Waals surface area contributed by atoms with Gasteiger partial charge < -0.3 is 5.73 Å². The van der Waals surface area contributed by atoms with Gasteiger partial charge in [0.1, 0.15) is 11.5 Å².